The summed E-state index contributed by atoms with van der Waals surface area (Å²) in [6.07, 6.45) is 0. The van der Waals surface area contributed by atoms with Crippen molar-refractivity contribution in [1.82, 2.24) is 4.98 Å². The van der Waals surface area contributed by atoms with E-state index in [9.17, 15) is 0 Å². The summed E-state index contributed by atoms with van der Waals surface area (Å²) in [7, 11) is 0. The number of ether oxygens (including phenoxy) is 2. The molecule has 0 atom stereocenters. The minimum atomic E-state index is 0.238. The predicted octanol–water partition coefficient (Wildman–Crippen LogP) is 3.22. The van der Waals surface area contributed by atoms with E-state index < -0.39 is 0 Å². The third-order valence-corrected chi connectivity index (χ3v) is 2.92. The number of hydrogen-bond acceptors (Lipinski definition) is 4. The Kier molecular flexibility index (Phi) is 1.85. The van der Waals surface area contributed by atoms with E-state index in [1.165, 1.54) is 0 Å². The van der Waals surface area contributed by atoms with Crippen LogP contribution in [0.3, 0.4) is 0 Å². The van der Waals surface area contributed by atoms with Crippen molar-refractivity contribution in [3.05, 3.63) is 42.5 Å². The fourth-order valence-electron chi connectivity index (χ4n) is 2.06. The fourth-order valence-corrected chi connectivity index (χ4v) is 2.06. The van der Waals surface area contributed by atoms with E-state index in [0.717, 1.165) is 11.3 Å². The number of aromatic nitrogens is 1. The SMILES string of the molecule is c1ccc(-c2nc3c4c(ccc3o2)OCO4)cc1. The highest BCUT2D eigenvalue weighted by Gasteiger charge is 2.21. The summed E-state index contributed by atoms with van der Waals surface area (Å²) in [6, 6.07) is 13.5. The Balaban J connectivity index is 1.95. The molecule has 1 aromatic heterocycles. The zero-order valence-electron chi connectivity index (χ0n) is 9.42. The Morgan fingerprint density at radius 1 is 0.944 bits per heavy atom. The molecule has 18 heavy (non-hydrogen) atoms. The molecule has 0 unspecified atom stereocenters. The van der Waals surface area contributed by atoms with Gasteiger partial charge in [-0.1, -0.05) is 18.2 Å². The van der Waals surface area contributed by atoms with Gasteiger partial charge in [0, 0.05) is 5.56 Å². The Morgan fingerprint density at radius 2 is 1.83 bits per heavy atom. The van der Waals surface area contributed by atoms with E-state index in [-0.39, 0.29) is 6.79 Å². The maximum atomic E-state index is 5.73. The lowest BCUT2D eigenvalue weighted by atomic mass is 10.2. The van der Waals surface area contributed by atoms with Crippen LogP contribution in [-0.4, -0.2) is 11.8 Å². The number of benzene rings is 2. The van der Waals surface area contributed by atoms with Crippen LogP contribution in [0.1, 0.15) is 0 Å². The van der Waals surface area contributed by atoms with Crippen molar-refractivity contribution >= 4 is 11.1 Å². The molecule has 1 aliphatic heterocycles. The maximum Gasteiger partial charge on any atom is 0.231 e. The molecular weight excluding hydrogens is 230 g/mol. The predicted molar refractivity (Wildman–Crippen MR) is 65.6 cm³/mol. The number of rotatable bonds is 1. The molecule has 1 aliphatic rings. The highest BCUT2D eigenvalue weighted by Crippen LogP contribution is 2.40. The number of fused-ring (bicyclic) bond motifs is 3. The van der Waals surface area contributed by atoms with Crippen LogP contribution in [0.5, 0.6) is 11.5 Å². The number of hydrogen-bond donors (Lipinski definition) is 0. The molecular formula is C14H9NO3. The Labute approximate surface area is 103 Å². The molecule has 4 heteroatoms. The smallest absolute Gasteiger partial charge is 0.231 e. The topological polar surface area (TPSA) is 44.5 Å². The molecule has 4 rings (SSSR count). The molecule has 0 fully saturated rings. The number of oxazole rings is 1. The first-order chi connectivity index (χ1) is 8.92. The van der Waals surface area contributed by atoms with Gasteiger partial charge in [-0.2, -0.15) is 0 Å². The highest BCUT2D eigenvalue weighted by atomic mass is 16.7. The molecule has 88 valence electrons. The van der Waals surface area contributed by atoms with Crippen LogP contribution in [0.4, 0.5) is 0 Å². The summed E-state index contributed by atoms with van der Waals surface area (Å²) in [5.74, 6) is 1.98. The van der Waals surface area contributed by atoms with Crippen LogP contribution in [0.2, 0.25) is 0 Å². The van der Waals surface area contributed by atoms with Crippen LogP contribution >= 0.6 is 0 Å². The average Bonchev–Trinajstić information content (AvgIpc) is 3.05. The van der Waals surface area contributed by atoms with E-state index in [4.69, 9.17) is 13.9 Å². The second-order valence-electron chi connectivity index (χ2n) is 4.03. The van der Waals surface area contributed by atoms with E-state index in [0.29, 0.717) is 22.7 Å². The van der Waals surface area contributed by atoms with Crippen molar-refractivity contribution in [2.24, 2.45) is 0 Å². The molecule has 0 radical (unpaired) electrons. The minimum absolute atomic E-state index is 0.238. The van der Waals surface area contributed by atoms with Crippen molar-refractivity contribution in [3.8, 4) is 23.0 Å². The Bertz CT molecular complexity index is 718. The summed E-state index contributed by atoms with van der Waals surface area (Å²) in [4.78, 5) is 4.48. The first-order valence-electron chi connectivity index (χ1n) is 5.66. The van der Waals surface area contributed by atoms with Gasteiger partial charge >= 0.3 is 0 Å². The minimum Gasteiger partial charge on any atom is -0.453 e. The van der Waals surface area contributed by atoms with Gasteiger partial charge < -0.3 is 13.9 Å². The van der Waals surface area contributed by atoms with Gasteiger partial charge in [-0.3, -0.25) is 0 Å². The van der Waals surface area contributed by atoms with Gasteiger partial charge in [-0.15, -0.1) is 0 Å². The summed E-state index contributed by atoms with van der Waals surface area (Å²) >= 11 is 0. The lowest BCUT2D eigenvalue weighted by Crippen LogP contribution is -1.93. The van der Waals surface area contributed by atoms with Crippen molar-refractivity contribution in [2.45, 2.75) is 0 Å². The van der Waals surface area contributed by atoms with Crippen LogP contribution in [-0.2, 0) is 0 Å². The van der Waals surface area contributed by atoms with E-state index in [1.54, 1.807) is 0 Å². The molecule has 2 heterocycles. The molecule has 3 aromatic rings. The van der Waals surface area contributed by atoms with Crippen LogP contribution in [0.25, 0.3) is 22.6 Å². The van der Waals surface area contributed by atoms with Crippen LogP contribution in [0, 0.1) is 0 Å². The third kappa shape index (κ3) is 1.29. The second kappa shape index (κ2) is 3.50. The summed E-state index contributed by atoms with van der Waals surface area (Å²) < 4.78 is 16.5. The molecule has 0 aliphatic carbocycles. The van der Waals surface area contributed by atoms with E-state index >= 15 is 0 Å². The molecule has 0 saturated heterocycles. The lowest BCUT2D eigenvalue weighted by molar-refractivity contribution is 0.174. The van der Waals surface area contributed by atoms with E-state index in [1.807, 2.05) is 42.5 Å². The fraction of sp³-hybridized carbons (Fsp3) is 0.0714. The third-order valence-electron chi connectivity index (χ3n) is 2.92. The zero-order valence-corrected chi connectivity index (χ0v) is 9.42. The van der Waals surface area contributed by atoms with Crippen LogP contribution in [0.15, 0.2) is 46.9 Å². The summed E-state index contributed by atoms with van der Waals surface area (Å²) in [5.41, 5.74) is 2.36. The monoisotopic (exact) mass is 239 g/mol. The first kappa shape index (κ1) is 9.53. The molecule has 2 aromatic carbocycles. The zero-order chi connectivity index (χ0) is 11.9. The maximum absolute atomic E-state index is 5.73. The molecule has 0 amide bonds. The quantitative estimate of drug-likeness (QED) is 0.654. The summed E-state index contributed by atoms with van der Waals surface area (Å²) in [5, 5.41) is 0. The standard InChI is InChI=1S/C14H9NO3/c1-2-4-9(5-3-1)14-15-12-10(18-14)6-7-11-13(12)17-8-16-11/h1-7H,8H2. The average molecular weight is 239 g/mol. The van der Waals surface area contributed by atoms with Crippen molar-refractivity contribution < 1.29 is 13.9 Å². The highest BCUT2D eigenvalue weighted by molar-refractivity contribution is 5.85. The van der Waals surface area contributed by atoms with Crippen molar-refractivity contribution in [2.75, 3.05) is 6.79 Å². The second-order valence-corrected chi connectivity index (χ2v) is 4.03. The molecule has 0 saturated carbocycles. The van der Waals surface area contributed by atoms with Gasteiger partial charge in [-0.25, -0.2) is 4.98 Å². The van der Waals surface area contributed by atoms with Gasteiger partial charge in [0.1, 0.15) is 0 Å². The first-order valence-corrected chi connectivity index (χ1v) is 5.66. The van der Waals surface area contributed by atoms with Gasteiger partial charge in [0.2, 0.25) is 12.7 Å². The molecule has 0 spiro atoms. The van der Waals surface area contributed by atoms with Gasteiger partial charge in [0.25, 0.3) is 0 Å². The van der Waals surface area contributed by atoms with Crippen molar-refractivity contribution in [1.29, 1.82) is 0 Å². The van der Waals surface area contributed by atoms with Gasteiger partial charge in [-0.05, 0) is 24.3 Å². The van der Waals surface area contributed by atoms with Crippen molar-refractivity contribution in [3.63, 3.8) is 0 Å². The number of nitrogens with zero attached hydrogens (tertiary/aromatic N) is 1. The van der Waals surface area contributed by atoms with Gasteiger partial charge in [0.15, 0.2) is 22.6 Å². The normalized spacial score (nSPS) is 13.1. The van der Waals surface area contributed by atoms with Crippen LogP contribution < -0.4 is 9.47 Å². The molecule has 0 bridgehead atoms. The Hall–Kier alpha value is -2.49. The Morgan fingerprint density at radius 3 is 2.72 bits per heavy atom. The largest absolute Gasteiger partial charge is 0.453 e. The van der Waals surface area contributed by atoms with Gasteiger partial charge in [0.05, 0.1) is 0 Å². The van der Waals surface area contributed by atoms with E-state index in [2.05, 4.69) is 4.98 Å². The molecule has 0 N–H and O–H groups in total. The summed E-state index contributed by atoms with van der Waals surface area (Å²) in [6.45, 7) is 0.238. The molecule has 4 nitrogen and oxygen atoms in total. The lowest BCUT2D eigenvalue weighted by Gasteiger charge is -1.93.